The zero-order valence-electron chi connectivity index (χ0n) is 22.4. The second-order valence-electron chi connectivity index (χ2n) is 9.63. The minimum absolute atomic E-state index is 0.211. The molecule has 0 radical (unpaired) electrons. The van der Waals surface area contributed by atoms with E-state index in [-0.39, 0.29) is 4.91 Å². The van der Waals surface area contributed by atoms with Crippen LogP contribution in [0.3, 0.4) is 0 Å². The van der Waals surface area contributed by atoms with Crippen LogP contribution in [0.1, 0.15) is 57.5 Å². The number of fused-ring (bicyclic) bond motifs is 1. The molecule has 1 aliphatic carbocycles. The predicted octanol–water partition coefficient (Wildman–Crippen LogP) is 5.81. The second-order valence-corrected chi connectivity index (χ2v) is 11.7. The number of thiophene rings is 1. The lowest BCUT2D eigenvalue weighted by Crippen LogP contribution is -2.36. The van der Waals surface area contributed by atoms with E-state index in [0.29, 0.717) is 34.2 Å². The Balaban J connectivity index is 1.35. The first kappa shape index (κ1) is 27.7. The number of aromatic carboxylic acids is 1. The quantitative estimate of drug-likeness (QED) is 0.324. The second kappa shape index (κ2) is 11.3. The van der Waals surface area contributed by atoms with Crippen molar-refractivity contribution in [3.63, 3.8) is 0 Å². The largest absolute Gasteiger partial charge is 0.494 e. The maximum absolute atomic E-state index is 13.1. The van der Waals surface area contributed by atoms with E-state index in [4.69, 9.17) is 4.74 Å². The van der Waals surface area contributed by atoms with Gasteiger partial charge in [0.25, 0.3) is 11.1 Å². The molecule has 0 atom stereocenters. The van der Waals surface area contributed by atoms with Crippen molar-refractivity contribution in [3.05, 3.63) is 68.2 Å². The Labute approximate surface area is 239 Å². The molecule has 1 saturated heterocycles. The van der Waals surface area contributed by atoms with E-state index in [2.05, 4.69) is 5.32 Å². The monoisotopic (exact) mass is 579 g/mol. The van der Waals surface area contributed by atoms with Crippen molar-refractivity contribution in [1.29, 1.82) is 0 Å². The van der Waals surface area contributed by atoms with Crippen molar-refractivity contribution < 1.29 is 29.0 Å². The highest BCUT2D eigenvalue weighted by Crippen LogP contribution is 2.40. The van der Waals surface area contributed by atoms with E-state index in [1.807, 2.05) is 31.4 Å². The van der Waals surface area contributed by atoms with Crippen molar-refractivity contribution in [1.82, 2.24) is 9.47 Å². The fourth-order valence-electron chi connectivity index (χ4n) is 5.10. The molecule has 2 aromatic heterocycles. The average molecular weight is 580 g/mol. The number of hydrogen-bond donors (Lipinski definition) is 2. The third-order valence-corrected chi connectivity index (χ3v) is 9.14. The van der Waals surface area contributed by atoms with Crippen LogP contribution in [0.15, 0.2) is 35.2 Å². The van der Waals surface area contributed by atoms with E-state index in [1.165, 1.54) is 11.3 Å². The van der Waals surface area contributed by atoms with Crippen LogP contribution >= 0.6 is 23.1 Å². The highest BCUT2D eigenvalue weighted by Gasteiger charge is 2.37. The number of imide groups is 1. The maximum atomic E-state index is 13.1. The van der Waals surface area contributed by atoms with Gasteiger partial charge in [0.15, 0.2) is 0 Å². The van der Waals surface area contributed by atoms with Crippen LogP contribution < -0.4 is 10.1 Å². The van der Waals surface area contributed by atoms with Crippen molar-refractivity contribution >= 4 is 57.9 Å². The minimum atomic E-state index is -0.937. The Bertz CT molecular complexity index is 1550. The molecule has 208 valence electrons. The number of nitrogens with one attached hydrogen (secondary N) is 1. The molecule has 3 aromatic rings. The Morgan fingerprint density at radius 1 is 1.12 bits per heavy atom. The van der Waals surface area contributed by atoms with Gasteiger partial charge in [-0.15, -0.1) is 11.3 Å². The Kier molecular flexibility index (Phi) is 7.86. The smallest absolute Gasteiger partial charge is 0.339 e. The fraction of sp³-hybridized carbons (Fsp3) is 0.310. The highest BCUT2D eigenvalue weighted by atomic mass is 32.2. The Hall–Kier alpha value is -3.83. The number of thioether (sulfide) groups is 1. The topological polar surface area (TPSA) is 118 Å². The molecule has 0 spiro atoms. The van der Waals surface area contributed by atoms with Gasteiger partial charge < -0.3 is 19.7 Å². The third kappa shape index (κ3) is 5.31. The van der Waals surface area contributed by atoms with Gasteiger partial charge in [0.2, 0.25) is 5.91 Å². The molecule has 5 rings (SSSR count). The molecular formula is C29H29N3O6S2. The molecule has 0 bridgehead atoms. The van der Waals surface area contributed by atoms with Crippen LogP contribution in [0.4, 0.5) is 10.5 Å². The number of anilines is 1. The van der Waals surface area contributed by atoms with Gasteiger partial charge in [-0.25, -0.2) is 4.79 Å². The lowest BCUT2D eigenvalue weighted by atomic mass is 9.95. The zero-order chi connectivity index (χ0) is 28.6. The molecule has 40 heavy (non-hydrogen) atoms. The summed E-state index contributed by atoms with van der Waals surface area (Å²) in [5.74, 6) is -1.30. The zero-order valence-corrected chi connectivity index (χ0v) is 24.0. The molecule has 1 aromatic carbocycles. The number of rotatable bonds is 8. The summed E-state index contributed by atoms with van der Waals surface area (Å²) in [4.78, 5) is 52.9. The summed E-state index contributed by atoms with van der Waals surface area (Å²) in [6.07, 6.45) is 5.31. The van der Waals surface area contributed by atoms with E-state index in [9.17, 15) is 24.3 Å². The average Bonchev–Trinajstić information content (AvgIpc) is 3.52. The van der Waals surface area contributed by atoms with Crippen molar-refractivity contribution in [2.45, 2.75) is 46.5 Å². The molecule has 11 heteroatoms. The lowest BCUT2D eigenvalue weighted by molar-refractivity contribution is -0.127. The first-order valence-corrected chi connectivity index (χ1v) is 14.7. The number of hydrogen-bond acceptors (Lipinski definition) is 7. The van der Waals surface area contributed by atoms with E-state index in [1.54, 1.807) is 30.3 Å². The van der Waals surface area contributed by atoms with Crippen LogP contribution in [0.5, 0.6) is 5.75 Å². The Morgan fingerprint density at radius 2 is 1.85 bits per heavy atom. The van der Waals surface area contributed by atoms with Crippen molar-refractivity contribution in [2.75, 3.05) is 18.5 Å². The number of carboxylic acids is 1. The summed E-state index contributed by atoms with van der Waals surface area (Å²) in [5.41, 5.74) is 4.13. The summed E-state index contributed by atoms with van der Waals surface area (Å²) >= 11 is 2.30. The van der Waals surface area contributed by atoms with Crippen LogP contribution in [-0.4, -0.2) is 50.7 Å². The molecule has 0 saturated carbocycles. The van der Waals surface area contributed by atoms with Crippen LogP contribution in [0.2, 0.25) is 0 Å². The number of aryl methyl sites for hydroxylation is 2. The standard InChI is InChI=1S/C29H29N3O6S2/c1-4-38-20-11-9-19(10-12-20)30-24(33)15-31-26(34)23(40-29(31)37)14-18-13-16(2)32(17(18)3)27-25(28(35)36)21-7-5-6-8-22(21)39-27/h9-14H,4-8,15H2,1-3H3,(H,30,33)(H,35,36)/b23-14-. The molecule has 3 amide bonds. The molecule has 0 unspecified atom stereocenters. The first-order valence-electron chi connectivity index (χ1n) is 13.0. The third-order valence-electron chi connectivity index (χ3n) is 6.95. The van der Waals surface area contributed by atoms with E-state index < -0.39 is 29.6 Å². The van der Waals surface area contributed by atoms with Gasteiger partial charge in [0.1, 0.15) is 17.3 Å². The number of benzene rings is 1. The number of amides is 3. The number of nitrogens with zero attached hydrogens (tertiary/aromatic N) is 2. The molecular weight excluding hydrogens is 550 g/mol. The van der Waals surface area contributed by atoms with Crippen LogP contribution in [-0.2, 0) is 22.4 Å². The molecule has 1 fully saturated rings. The van der Waals surface area contributed by atoms with Gasteiger partial charge in [-0.1, -0.05) is 0 Å². The molecule has 9 nitrogen and oxygen atoms in total. The summed E-state index contributed by atoms with van der Waals surface area (Å²) in [6.45, 7) is 5.77. The molecule has 2 N–H and O–H groups in total. The lowest BCUT2D eigenvalue weighted by Gasteiger charge is -2.12. The number of aromatic nitrogens is 1. The van der Waals surface area contributed by atoms with Crippen LogP contribution in [0, 0.1) is 13.8 Å². The molecule has 3 heterocycles. The summed E-state index contributed by atoms with van der Waals surface area (Å²) in [7, 11) is 0. The van der Waals surface area contributed by atoms with E-state index in [0.717, 1.165) is 64.2 Å². The van der Waals surface area contributed by atoms with Gasteiger partial charge >= 0.3 is 5.97 Å². The summed E-state index contributed by atoms with van der Waals surface area (Å²) in [5, 5.41) is 12.9. The highest BCUT2D eigenvalue weighted by molar-refractivity contribution is 8.18. The van der Waals surface area contributed by atoms with Crippen molar-refractivity contribution in [2.24, 2.45) is 0 Å². The van der Waals surface area contributed by atoms with E-state index >= 15 is 0 Å². The number of ether oxygens (including phenoxy) is 1. The van der Waals surface area contributed by atoms with Gasteiger partial charge in [-0.2, -0.15) is 0 Å². The van der Waals surface area contributed by atoms with Crippen molar-refractivity contribution in [3.8, 4) is 10.8 Å². The number of carbonyl (C=O) groups is 4. The van der Waals surface area contributed by atoms with Gasteiger partial charge in [-0.05, 0) is 106 Å². The normalized spacial score (nSPS) is 16.0. The summed E-state index contributed by atoms with van der Waals surface area (Å²) < 4.78 is 7.32. The first-order chi connectivity index (χ1) is 19.2. The van der Waals surface area contributed by atoms with Crippen LogP contribution in [0.25, 0.3) is 11.1 Å². The number of carbonyl (C=O) groups excluding carboxylic acids is 3. The fourth-order valence-corrected chi connectivity index (χ4v) is 7.42. The Morgan fingerprint density at radius 3 is 2.55 bits per heavy atom. The molecule has 2 aliphatic rings. The number of carboxylic acid groups (broad SMARTS) is 1. The minimum Gasteiger partial charge on any atom is -0.494 e. The van der Waals surface area contributed by atoms with Gasteiger partial charge in [0.05, 0.1) is 17.1 Å². The van der Waals surface area contributed by atoms with Gasteiger partial charge in [-0.3, -0.25) is 19.3 Å². The molecule has 1 aliphatic heterocycles. The van der Waals surface area contributed by atoms with Gasteiger partial charge in [0, 0.05) is 22.0 Å². The predicted molar refractivity (Wildman–Crippen MR) is 156 cm³/mol. The maximum Gasteiger partial charge on any atom is 0.339 e. The SMILES string of the molecule is CCOc1ccc(NC(=O)CN2C(=O)S/C(=C\c3cc(C)n(-c4sc5c(c4C(=O)O)CCCC5)c3C)C2=O)cc1. The summed E-state index contributed by atoms with van der Waals surface area (Å²) in [6, 6.07) is 8.71.